The van der Waals surface area contributed by atoms with E-state index in [1.54, 1.807) is 6.07 Å². The number of aliphatic hydroxyl groups is 1. The maximum atomic E-state index is 14.2. The molecule has 162 valence electrons. The van der Waals surface area contributed by atoms with Gasteiger partial charge in [0.25, 0.3) is 0 Å². The summed E-state index contributed by atoms with van der Waals surface area (Å²) in [6.45, 7) is 3.56. The quantitative estimate of drug-likeness (QED) is 0.372. The largest absolute Gasteiger partial charge is 0.425 e. The van der Waals surface area contributed by atoms with Crippen LogP contribution in [0.3, 0.4) is 0 Å². The zero-order valence-electron chi connectivity index (χ0n) is 16.4. The van der Waals surface area contributed by atoms with Gasteiger partial charge in [0, 0.05) is 11.6 Å². The molecule has 0 aliphatic carbocycles. The highest BCUT2D eigenvalue weighted by Gasteiger charge is 2.58. The predicted molar refractivity (Wildman–Crippen MR) is 107 cm³/mol. The molecule has 1 unspecified atom stereocenters. The zero-order chi connectivity index (χ0) is 23.1. The highest BCUT2D eigenvalue weighted by atomic mass is 19.4. The maximum Gasteiger partial charge on any atom is 0.425 e. The van der Waals surface area contributed by atoms with Gasteiger partial charge in [0.15, 0.2) is 5.69 Å². The van der Waals surface area contributed by atoms with Crippen LogP contribution in [0.5, 0.6) is 0 Å². The molecule has 0 amide bonds. The fourth-order valence-corrected chi connectivity index (χ4v) is 3.51. The molecule has 0 fully saturated rings. The van der Waals surface area contributed by atoms with Crippen molar-refractivity contribution < 1.29 is 22.7 Å². The normalized spacial score (nSPS) is 13.6. The van der Waals surface area contributed by atoms with Gasteiger partial charge in [-0.05, 0) is 42.0 Å². The lowest BCUT2D eigenvalue weighted by Crippen LogP contribution is -2.43. The second kappa shape index (κ2) is 7.62. The second-order valence-electron chi connectivity index (χ2n) is 7.03. The number of fused-ring (bicyclic) bond motifs is 1. The molecule has 0 spiro atoms. The van der Waals surface area contributed by atoms with Crippen molar-refractivity contribution in [2.24, 2.45) is 0 Å². The molecule has 0 aliphatic heterocycles. The number of nitrogens with zero attached hydrogens (tertiary/aromatic N) is 5. The summed E-state index contributed by atoms with van der Waals surface area (Å²) in [5.74, 6) is -0.437. The van der Waals surface area contributed by atoms with E-state index in [0.717, 1.165) is 23.0 Å². The van der Waals surface area contributed by atoms with Gasteiger partial charge in [-0.15, -0.1) is 6.58 Å². The minimum atomic E-state index is -5.15. The van der Waals surface area contributed by atoms with Crippen molar-refractivity contribution in [1.82, 2.24) is 19.6 Å². The van der Waals surface area contributed by atoms with Gasteiger partial charge in [0.05, 0.1) is 29.5 Å². The van der Waals surface area contributed by atoms with Crippen molar-refractivity contribution in [1.29, 1.82) is 5.26 Å². The first kappa shape index (κ1) is 21.3. The first-order valence-corrected chi connectivity index (χ1v) is 9.31. The van der Waals surface area contributed by atoms with Crippen LogP contribution in [0.1, 0.15) is 16.8 Å². The molecule has 4 rings (SSSR count). The Morgan fingerprint density at radius 3 is 2.50 bits per heavy atom. The summed E-state index contributed by atoms with van der Waals surface area (Å²) in [5, 5.41) is 28.6. The maximum absolute atomic E-state index is 14.2. The number of alkyl halides is 3. The molecule has 6 nitrogen and oxygen atoms in total. The van der Waals surface area contributed by atoms with E-state index in [0.29, 0.717) is 16.6 Å². The zero-order valence-corrected chi connectivity index (χ0v) is 16.4. The summed E-state index contributed by atoms with van der Waals surface area (Å²) in [4.78, 5) is 0. The van der Waals surface area contributed by atoms with Crippen molar-refractivity contribution in [3.8, 4) is 11.8 Å². The van der Waals surface area contributed by atoms with E-state index < -0.39 is 34.4 Å². The van der Waals surface area contributed by atoms with E-state index in [9.17, 15) is 27.9 Å². The minimum absolute atomic E-state index is 0.0616. The van der Waals surface area contributed by atoms with Crippen molar-refractivity contribution in [3.63, 3.8) is 0 Å². The summed E-state index contributed by atoms with van der Waals surface area (Å²) in [7, 11) is 0. The third kappa shape index (κ3) is 3.33. The van der Waals surface area contributed by atoms with Gasteiger partial charge in [-0.2, -0.15) is 28.6 Å². The molecule has 10 heteroatoms. The van der Waals surface area contributed by atoms with Crippen molar-refractivity contribution >= 4 is 10.9 Å². The highest BCUT2D eigenvalue weighted by molar-refractivity contribution is 5.81. The van der Waals surface area contributed by atoms with Crippen molar-refractivity contribution in [3.05, 3.63) is 90.2 Å². The molecule has 0 bridgehead atoms. The Bertz CT molecular complexity index is 1350. The lowest BCUT2D eigenvalue weighted by atomic mass is 9.85. The summed E-state index contributed by atoms with van der Waals surface area (Å²) in [6.07, 6.45) is -1.42. The van der Waals surface area contributed by atoms with Crippen LogP contribution in [0.15, 0.2) is 67.5 Å². The molecule has 2 aromatic carbocycles. The van der Waals surface area contributed by atoms with Gasteiger partial charge in [0.2, 0.25) is 5.60 Å². The Hall–Kier alpha value is -3.97. The van der Waals surface area contributed by atoms with Crippen LogP contribution >= 0.6 is 0 Å². The van der Waals surface area contributed by atoms with Gasteiger partial charge in [0.1, 0.15) is 11.9 Å². The second-order valence-corrected chi connectivity index (χ2v) is 7.03. The summed E-state index contributed by atoms with van der Waals surface area (Å²) in [6, 6.07) is 10.7. The summed E-state index contributed by atoms with van der Waals surface area (Å²) < 4.78 is 58.4. The van der Waals surface area contributed by atoms with Crippen LogP contribution in [-0.2, 0) is 12.1 Å². The number of hydrogen-bond acceptors (Lipinski definition) is 4. The van der Waals surface area contributed by atoms with Gasteiger partial charge < -0.3 is 5.11 Å². The number of nitriles is 1. The van der Waals surface area contributed by atoms with E-state index in [-0.39, 0.29) is 6.54 Å². The first-order chi connectivity index (χ1) is 15.2. The Balaban J connectivity index is 1.88. The standard InChI is InChI=1S/C22H15F4N5O/c1-2-9-30-13-18(19(11-27)29-30)21(32,22(24,25)26)15-3-8-20-14(10-15)12-28-31(20)17-6-4-16(23)5-7-17/h2-8,10,12-13,32H,1,9H2. The van der Waals surface area contributed by atoms with Crippen molar-refractivity contribution in [2.75, 3.05) is 0 Å². The van der Waals surface area contributed by atoms with E-state index in [1.807, 2.05) is 0 Å². The predicted octanol–water partition coefficient (Wildman–Crippen LogP) is 4.22. The van der Waals surface area contributed by atoms with Crippen LogP contribution in [0.2, 0.25) is 0 Å². The molecule has 32 heavy (non-hydrogen) atoms. The van der Waals surface area contributed by atoms with Crippen LogP contribution < -0.4 is 0 Å². The molecule has 2 aromatic heterocycles. The number of hydrogen-bond donors (Lipinski definition) is 1. The van der Waals surface area contributed by atoms with Crippen LogP contribution in [0.4, 0.5) is 17.6 Å². The molecule has 4 aromatic rings. The monoisotopic (exact) mass is 441 g/mol. The fraction of sp³-hybridized carbons (Fsp3) is 0.136. The number of allylic oxidation sites excluding steroid dienone is 1. The molecular formula is C22H15F4N5O. The van der Waals surface area contributed by atoms with Crippen LogP contribution in [-0.4, -0.2) is 30.8 Å². The molecular weight excluding hydrogens is 426 g/mol. The number of benzene rings is 2. The van der Waals surface area contributed by atoms with Gasteiger partial charge in [-0.3, -0.25) is 4.68 Å². The van der Waals surface area contributed by atoms with E-state index >= 15 is 0 Å². The van der Waals surface area contributed by atoms with E-state index in [2.05, 4.69) is 16.8 Å². The van der Waals surface area contributed by atoms with Crippen LogP contribution in [0, 0.1) is 17.1 Å². The lowest BCUT2D eigenvalue weighted by Gasteiger charge is -2.30. The molecule has 0 radical (unpaired) electrons. The Kier molecular flexibility index (Phi) is 5.06. The lowest BCUT2D eigenvalue weighted by molar-refractivity contribution is -0.248. The third-order valence-corrected chi connectivity index (χ3v) is 5.04. The SMILES string of the molecule is C=CCn1cc(C(O)(c2ccc3c(cnn3-c3ccc(F)cc3)c2)C(F)(F)F)c(C#N)n1. The first-order valence-electron chi connectivity index (χ1n) is 9.31. The minimum Gasteiger partial charge on any atom is -0.372 e. The summed E-state index contributed by atoms with van der Waals surface area (Å²) in [5.41, 5.74) is -4.24. The molecule has 0 saturated heterocycles. The third-order valence-electron chi connectivity index (χ3n) is 5.04. The van der Waals surface area contributed by atoms with E-state index in [1.165, 1.54) is 47.3 Å². The Labute approximate surface area is 179 Å². The average molecular weight is 441 g/mol. The highest BCUT2D eigenvalue weighted by Crippen LogP contribution is 2.45. The van der Waals surface area contributed by atoms with Crippen LogP contribution in [0.25, 0.3) is 16.6 Å². The topological polar surface area (TPSA) is 79.7 Å². The number of halogens is 4. The van der Waals surface area contributed by atoms with Gasteiger partial charge >= 0.3 is 6.18 Å². The Morgan fingerprint density at radius 2 is 1.88 bits per heavy atom. The van der Waals surface area contributed by atoms with Gasteiger partial charge in [-0.1, -0.05) is 12.1 Å². The molecule has 1 atom stereocenters. The molecule has 1 N–H and O–H groups in total. The van der Waals surface area contributed by atoms with Crippen molar-refractivity contribution in [2.45, 2.75) is 18.3 Å². The average Bonchev–Trinajstić information content (AvgIpc) is 3.37. The number of rotatable bonds is 5. The Morgan fingerprint density at radius 1 is 1.16 bits per heavy atom. The smallest absolute Gasteiger partial charge is 0.372 e. The fourth-order valence-electron chi connectivity index (χ4n) is 3.51. The molecule has 2 heterocycles. The molecule has 0 aliphatic rings. The van der Waals surface area contributed by atoms with Gasteiger partial charge in [-0.25, -0.2) is 9.07 Å². The summed E-state index contributed by atoms with van der Waals surface area (Å²) >= 11 is 0. The number of aromatic nitrogens is 4. The molecule has 0 saturated carbocycles. The van der Waals surface area contributed by atoms with E-state index in [4.69, 9.17) is 0 Å².